The number of nitrogens with zero attached hydrogens (tertiary/aromatic N) is 2. The highest BCUT2D eigenvalue weighted by Gasteiger charge is 2.45. The van der Waals surface area contributed by atoms with Crippen molar-refractivity contribution in [3.8, 4) is 0 Å². The summed E-state index contributed by atoms with van der Waals surface area (Å²) in [5.74, 6) is 2.00. The number of aromatic nitrogens is 1. The summed E-state index contributed by atoms with van der Waals surface area (Å²) in [5.41, 5.74) is 0.927. The first-order valence-corrected chi connectivity index (χ1v) is 8.64. The van der Waals surface area contributed by atoms with Crippen molar-refractivity contribution in [1.82, 2.24) is 9.88 Å². The standard InChI is InChI=1S/C19H24N2O3/c1-15-5-6-17(24-15)11-21-9-7-19(14-21)10-18(13-23-19)22-12-16-4-2-3-8-20-16/h2-6,8,18H,7,9-14H2,1H3/t18-,19+/m1/s1. The largest absolute Gasteiger partial charge is 0.465 e. The van der Waals surface area contributed by atoms with E-state index in [4.69, 9.17) is 13.9 Å². The monoisotopic (exact) mass is 328 g/mol. The fourth-order valence-electron chi connectivity index (χ4n) is 3.73. The molecule has 4 heterocycles. The van der Waals surface area contributed by atoms with E-state index in [-0.39, 0.29) is 11.7 Å². The van der Waals surface area contributed by atoms with Gasteiger partial charge in [-0.1, -0.05) is 6.07 Å². The molecule has 1 spiro atoms. The van der Waals surface area contributed by atoms with Crippen LogP contribution in [0.15, 0.2) is 40.9 Å². The maximum absolute atomic E-state index is 6.16. The number of rotatable bonds is 5. The van der Waals surface area contributed by atoms with Gasteiger partial charge in [-0.3, -0.25) is 9.88 Å². The van der Waals surface area contributed by atoms with Crippen LogP contribution >= 0.6 is 0 Å². The van der Waals surface area contributed by atoms with Crippen molar-refractivity contribution in [2.75, 3.05) is 19.7 Å². The summed E-state index contributed by atoms with van der Waals surface area (Å²) in [4.78, 5) is 6.72. The van der Waals surface area contributed by atoms with Crippen LogP contribution in [-0.2, 0) is 22.6 Å². The molecule has 2 atom stereocenters. The molecule has 2 aliphatic heterocycles. The summed E-state index contributed by atoms with van der Waals surface area (Å²) in [6.45, 7) is 6.08. The van der Waals surface area contributed by atoms with Gasteiger partial charge in [-0.25, -0.2) is 0 Å². The average Bonchev–Trinajstić information content (AvgIpc) is 3.29. The van der Waals surface area contributed by atoms with Crippen molar-refractivity contribution in [3.05, 3.63) is 53.7 Å². The highest BCUT2D eigenvalue weighted by molar-refractivity contribution is 5.07. The van der Waals surface area contributed by atoms with Crippen LogP contribution < -0.4 is 0 Å². The maximum atomic E-state index is 6.16. The van der Waals surface area contributed by atoms with Crippen molar-refractivity contribution in [2.24, 2.45) is 0 Å². The predicted octanol–water partition coefficient (Wildman–Crippen LogP) is 2.93. The van der Waals surface area contributed by atoms with Crippen LogP contribution in [0.5, 0.6) is 0 Å². The second-order valence-corrected chi connectivity index (χ2v) is 6.93. The number of hydrogen-bond acceptors (Lipinski definition) is 5. The normalized spacial score (nSPS) is 27.3. The molecule has 0 saturated carbocycles. The molecule has 0 radical (unpaired) electrons. The first-order chi connectivity index (χ1) is 11.7. The first kappa shape index (κ1) is 15.8. The smallest absolute Gasteiger partial charge is 0.118 e. The van der Waals surface area contributed by atoms with Gasteiger partial charge in [0, 0.05) is 25.7 Å². The van der Waals surface area contributed by atoms with Gasteiger partial charge in [-0.05, 0) is 37.6 Å². The van der Waals surface area contributed by atoms with Gasteiger partial charge in [0.1, 0.15) is 11.5 Å². The molecule has 2 fully saturated rings. The Kier molecular flexibility index (Phi) is 4.39. The van der Waals surface area contributed by atoms with Crippen molar-refractivity contribution in [1.29, 1.82) is 0 Å². The summed E-state index contributed by atoms with van der Waals surface area (Å²) >= 11 is 0. The number of hydrogen-bond donors (Lipinski definition) is 0. The third-order valence-electron chi connectivity index (χ3n) is 4.94. The molecule has 0 unspecified atom stereocenters. The third kappa shape index (κ3) is 3.53. The Labute approximate surface area is 142 Å². The summed E-state index contributed by atoms with van der Waals surface area (Å²) in [7, 11) is 0. The summed E-state index contributed by atoms with van der Waals surface area (Å²) in [6.07, 6.45) is 4.00. The lowest BCUT2D eigenvalue weighted by Gasteiger charge is -2.23. The molecular formula is C19H24N2O3. The molecule has 0 aromatic carbocycles. The van der Waals surface area contributed by atoms with E-state index in [9.17, 15) is 0 Å². The summed E-state index contributed by atoms with van der Waals surface area (Å²) in [6, 6.07) is 9.99. The van der Waals surface area contributed by atoms with Crippen molar-refractivity contribution >= 4 is 0 Å². The molecule has 0 bridgehead atoms. The van der Waals surface area contributed by atoms with Crippen LogP contribution in [0.4, 0.5) is 0 Å². The lowest BCUT2D eigenvalue weighted by atomic mass is 9.98. The molecule has 24 heavy (non-hydrogen) atoms. The Balaban J connectivity index is 1.28. The van der Waals surface area contributed by atoms with Crippen LogP contribution in [-0.4, -0.2) is 41.3 Å². The van der Waals surface area contributed by atoms with Crippen LogP contribution in [0.2, 0.25) is 0 Å². The Bertz CT molecular complexity index is 672. The number of pyridine rings is 1. The van der Waals surface area contributed by atoms with E-state index >= 15 is 0 Å². The van der Waals surface area contributed by atoms with Gasteiger partial charge < -0.3 is 13.9 Å². The molecule has 5 heteroatoms. The lowest BCUT2D eigenvalue weighted by Crippen LogP contribution is -2.32. The van der Waals surface area contributed by atoms with E-state index in [0.29, 0.717) is 13.2 Å². The Morgan fingerprint density at radius 3 is 3.08 bits per heavy atom. The van der Waals surface area contributed by atoms with E-state index in [2.05, 4.69) is 16.0 Å². The van der Waals surface area contributed by atoms with Crippen LogP contribution in [0, 0.1) is 6.92 Å². The number of furan rings is 1. The first-order valence-electron chi connectivity index (χ1n) is 8.64. The SMILES string of the molecule is Cc1ccc(CN2CC[C@]3(C[C@@H](OCc4ccccn4)CO3)C2)o1. The van der Waals surface area contributed by atoms with Crippen molar-refractivity contribution in [2.45, 2.75) is 44.6 Å². The zero-order valence-corrected chi connectivity index (χ0v) is 14.1. The summed E-state index contributed by atoms with van der Waals surface area (Å²) < 4.78 is 17.9. The highest BCUT2D eigenvalue weighted by atomic mass is 16.6. The average molecular weight is 328 g/mol. The minimum absolute atomic E-state index is 0.0452. The fourth-order valence-corrected chi connectivity index (χ4v) is 3.73. The molecule has 5 nitrogen and oxygen atoms in total. The molecule has 0 amide bonds. The van der Waals surface area contributed by atoms with Gasteiger partial charge in [0.25, 0.3) is 0 Å². The molecule has 0 aliphatic carbocycles. The van der Waals surface area contributed by atoms with E-state index < -0.39 is 0 Å². The number of likely N-dealkylation sites (tertiary alicyclic amines) is 1. The second-order valence-electron chi connectivity index (χ2n) is 6.93. The highest BCUT2D eigenvalue weighted by Crippen LogP contribution is 2.37. The van der Waals surface area contributed by atoms with E-state index in [0.717, 1.165) is 49.7 Å². The van der Waals surface area contributed by atoms with Crippen molar-refractivity contribution in [3.63, 3.8) is 0 Å². The molecule has 0 N–H and O–H groups in total. The van der Waals surface area contributed by atoms with E-state index in [1.54, 1.807) is 6.20 Å². The Hall–Kier alpha value is -1.69. The Morgan fingerprint density at radius 1 is 1.33 bits per heavy atom. The third-order valence-corrected chi connectivity index (χ3v) is 4.94. The van der Waals surface area contributed by atoms with E-state index in [1.807, 2.05) is 31.2 Å². The lowest BCUT2D eigenvalue weighted by molar-refractivity contribution is -0.00105. The van der Waals surface area contributed by atoms with Gasteiger partial charge >= 0.3 is 0 Å². The molecular weight excluding hydrogens is 304 g/mol. The van der Waals surface area contributed by atoms with Gasteiger partial charge in [-0.15, -0.1) is 0 Å². The quantitative estimate of drug-likeness (QED) is 0.844. The molecule has 2 aromatic heterocycles. The molecule has 2 aromatic rings. The zero-order chi connectivity index (χ0) is 16.4. The summed E-state index contributed by atoms with van der Waals surface area (Å²) in [5, 5.41) is 0. The predicted molar refractivity (Wildman–Crippen MR) is 89.5 cm³/mol. The van der Waals surface area contributed by atoms with Crippen molar-refractivity contribution < 1.29 is 13.9 Å². The van der Waals surface area contributed by atoms with Crippen LogP contribution in [0.25, 0.3) is 0 Å². The maximum Gasteiger partial charge on any atom is 0.118 e. The van der Waals surface area contributed by atoms with Gasteiger partial charge in [0.15, 0.2) is 0 Å². The minimum atomic E-state index is -0.0452. The molecule has 4 rings (SSSR count). The minimum Gasteiger partial charge on any atom is -0.465 e. The zero-order valence-electron chi connectivity index (χ0n) is 14.1. The molecule has 2 saturated heterocycles. The van der Waals surface area contributed by atoms with Gasteiger partial charge in [0.05, 0.1) is 37.2 Å². The fraction of sp³-hybridized carbons (Fsp3) is 0.526. The topological polar surface area (TPSA) is 47.7 Å². The van der Waals surface area contributed by atoms with Crippen LogP contribution in [0.3, 0.4) is 0 Å². The molecule has 128 valence electrons. The second kappa shape index (κ2) is 6.67. The Morgan fingerprint density at radius 2 is 2.29 bits per heavy atom. The molecule has 2 aliphatic rings. The number of aryl methyl sites for hydroxylation is 1. The van der Waals surface area contributed by atoms with E-state index in [1.165, 1.54) is 0 Å². The van der Waals surface area contributed by atoms with Gasteiger partial charge in [0.2, 0.25) is 0 Å². The number of ether oxygens (including phenoxy) is 2. The van der Waals surface area contributed by atoms with Gasteiger partial charge in [-0.2, -0.15) is 0 Å². The van der Waals surface area contributed by atoms with Crippen LogP contribution in [0.1, 0.15) is 30.1 Å².